The molecule has 1 heterocycles. The van der Waals surface area contributed by atoms with Crippen molar-refractivity contribution in [2.24, 2.45) is 0 Å². The maximum atomic E-state index is 5.88. The highest BCUT2D eigenvalue weighted by atomic mass is 32.2. The maximum Gasteiger partial charge on any atom is 0.221 e. The number of ether oxygens (including phenoxy) is 1. The first-order valence-corrected chi connectivity index (χ1v) is 9.37. The van der Waals surface area contributed by atoms with Gasteiger partial charge >= 0.3 is 0 Å². The first-order chi connectivity index (χ1) is 11.2. The molecular weight excluding hydrogens is 336 g/mol. The van der Waals surface area contributed by atoms with Crippen LogP contribution in [0.25, 0.3) is 0 Å². The van der Waals surface area contributed by atoms with Crippen LogP contribution in [0.2, 0.25) is 0 Å². The summed E-state index contributed by atoms with van der Waals surface area (Å²) in [6.45, 7) is 13.3. The van der Waals surface area contributed by atoms with Gasteiger partial charge in [-0.05, 0) is 70.5 Å². The van der Waals surface area contributed by atoms with Crippen LogP contribution in [-0.4, -0.2) is 19.5 Å². The summed E-state index contributed by atoms with van der Waals surface area (Å²) in [5, 5.41) is 0.189. The van der Waals surface area contributed by atoms with Crippen molar-refractivity contribution in [1.82, 2.24) is 9.55 Å². The third-order valence-electron chi connectivity index (χ3n) is 3.62. The molecule has 2 rings (SSSR count). The fraction of sp³-hybridized carbons (Fsp3) is 0.474. The van der Waals surface area contributed by atoms with Gasteiger partial charge in [0.05, 0.1) is 11.6 Å². The van der Waals surface area contributed by atoms with Crippen LogP contribution in [0.4, 0.5) is 0 Å². The van der Waals surface area contributed by atoms with Gasteiger partial charge in [0.25, 0.3) is 0 Å². The molecule has 0 amide bonds. The van der Waals surface area contributed by atoms with Crippen LogP contribution in [0.1, 0.15) is 48.3 Å². The summed E-state index contributed by atoms with van der Waals surface area (Å²) < 4.78 is 8.57. The van der Waals surface area contributed by atoms with Gasteiger partial charge in [-0.25, -0.2) is 4.98 Å². The van der Waals surface area contributed by atoms with E-state index in [1.807, 2.05) is 33.3 Å². The lowest BCUT2D eigenvalue weighted by Crippen LogP contribution is -2.22. The minimum absolute atomic E-state index is 0.189. The van der Waals surface area contributed by atoms with Gasteiger partial charge in [0.15, 0.2) is 0 Å². The van der Waals surface area contributed by atoms with E-state index in [4.69, 9.17) is 17.0 Å². The Morgan fingerprint density at radius 1 is 1.25 bits per heavy atom. The minimum atomic E-state index is -0.277. The summed E-state index contributed by atoms with van der Waals surface area (Å²) in [5.41, 5.74) is 4.93. The zero-order chi connectivity index (χ0) is 17.9. The number of rotatable bonds is 4. The Labute approximate surface area is 154 Å². The molecule has 1 aromatic heterocycles. The summed E-state index contributed by atoms with van der Waals surface area (Å²) in [4.78, 5) is 4.16. The molecule has 1 aromatic carbocycles. The number of thiocarbonyl (C=S) groups is 1. The second kappa shape index (κ2) is 7.70. The zero-order valence-electron chi connectivity index (χ0n) is 15.3. The molecule has 0 aliphatic rings. The van der Waals surface area contributed by atoms with E-state index in [0.29, 0.717) is 4.38 Å². The Balaban J connectivity index is 2.31. The molecule has 0 radical (unpaired) electrons. The molecule has 0 spiro atoms. The standard InChI is InChI=1S/C19H26N2OS2/c1-13-9-14(2)17(15(3)10-13)16(11-21-8-7-20-12-21)24-18(23)22-19(4,5)6/h7-10,12,16H,11H2,1-6H3. The maximum absolute atomic E-state index is 5.88. The van der Waals surface area contributed by atoms with Crippen molar-refractivity contribution < 1.29 is 4.74 Å². The highest BCUT2D eigenvalue weighted by Gasteiger charge is 2.23. The third kappa shape index (κ3) is 5.35. The quantitative estimate of drug-likeness (QED) is 0.682. The van der Waals surface area contributed by atoms with Crippen molar-refractivity contribution >= 4 is 28.4 Å². The first-order valence-electron chi connectivity index (χ1n) is 8.09. The summed E-state index contributed by atoms with van der Waals surface area (Å²) in [6, 6.07) is 4.47. The number of hydrogen-bond acceptors (Lipinski definition) is 4. The Kier molecular flexibility index (Phi) is 6.10. The van der Waals surface area contributed by atoms with Crippen LogP contribution in [0, 0.1) is 20.8 Å². The number of aromatic nitrogens is 2. The number of nitrogens with zero attached hydrogens (tertiary/aromatic N) is 2. The second-order valence-electron chi connectivity index (χ2n) is 7.14. The van der Waals surface area contributed by atoms with Gasteiger partial charge in [-0.15, -0.1) is 0 Å². The predicted molar refractivity (Wildman–Crippen MR) is 107 cm³/mol. The molecule has 0 aliphatic carbocycles. The number of imidazole rings is 1. The Morgan fingerprint density at radius 3 is 2.38 bits per heavy atom. The number of aryl methyl sites for hydroxylation is 3. The number of thioether (sulfide) groups is 1. The van der Waals surface area contributed by atoms with E-state index in [1.54, 1.807) is 18.0 Å². The highest BCUT2D eigenvalue weighted by Crippen LogP contribution is 2.37. The summed E-state index contributed by atoms with van der Waals surface area (Å²) in [6.07, 6.45) is 5.64. The molecule has 0 saturated carbocycles. The van der Waals surface area contributed by atoms with Gasteiger partial charge in [0, 0.05) is 18.9 Å². The third-order valence-corrected chi connectivity index (χ3v) is 4.94. The van der Waals surface area contributed by atoms with Crippen molar-refractivity contribution in [1.29, 1.82) is 0 Å². The molecule has 5 heteroatoms. The van der Waals surface area contributed by atoms with Crippen LogP contribution < -0.4 is 0 Å². The SMILES string of the molecule is Cc1cc(C)c(C(Cn2ccnc2)SC(=S)OC(C)(C)C)c(C)c1. The fourth-order valence-electron chi connectivity index (χ4n) is 2.86. The van der Waals surface area contributed by atoms with Gasteiger partial charge in [0.1, 0.15) is 5.60 Å². The number of benzene rings is 1. The average molecular weight is 363 g/mol. The monoisotopic (exact) mass is 362 g/mol. The van der Waals surface area contributed by atoms with Gasteiger partial charge in [-0.1, -0.05) is 29.5 Å². The molecule has 1 unspecified atom stereocenters. The van der Waals surface area contributed by atoms with E-state index in [1.165, 1.54) is 22.3 Å². The van der Waals surface area contributed by atoms with Gasteiger partial charge < -0.3 is 9.30 Å². The van der Waals surface area contributed by atoms with Crippen molar-refractivity contribution in [3.8, 4) is 0 Å². The molecule has 3 nitrogen and oxygen atoms in total. The van der Waals surface area contributed by atoms with E-state index in [-0.39, 0.29) is 10.9 Å². The zero-order valence-corrected chi connectivity index (χ0v) is 16.9. The van der Waals surface area contributed by atoms with E-state index in [2.05, 4.69) is 42.5 Å². The highest BCUT2D eigenvalue weighted by molar-refractivity contribution is 8.22. The molecule has 130 valence electrons. The first kappa shape index (κ1) is 19.0. The molecule has 1 atom stereocenters. The van der Waals surface area contributed by atoms with Crippen LogP contribution in [0.3, 0.4) is 0 Å². The lowest BCUT2D eigenvalue weighted by atomic mass is 9.97. The molecule has 2 aromatic rings. The van der Waals surface area contributed by atoms with Crippen LogP contribution in [0.5, 0.6) is 0 Å². The van der Waals surface area contributed by atoms with E-state index in [9.17, 15) is 0 Å². The van der Waals surface area contributed by atoms with Crippen molar-refractivity contribution in [2.45, 2.75) is 58.9 Å². The molecule has 0 bridgehead atoms. The minimum Gasteiger partial charge on any atom is -0.473 e. The second-order valence-corrected chi connectivity index (χ2v) is 8.95. The lowest BCUT2D eigenvalue weighted by Gasteiger charge is -2.26. The summed E-state index contributed by atoms with van der Waals surface area (Å²) in [5.74, 6) is 0. The lowest BCUT2D eigenvalue weighted by molar-refractivity contribution is 0.127. The summed E-state index contributed by atoms with van der Waals surface area (Å²) >= 11 is 7.12. The average Bonchev–Trinajstić information content (AvgIpc) is 2.87. The van der Waals surface area contributed by atoms with Crippen molar-refractivity contribution in [3.63, 3.8) is 0 Å². The van der Waals surface area contributed by atoms with Crippen molar-refractivity contribution in [2.75, 3.05) is 0 Å². The molecule has 0 aliphatic heterocycles. The molecule has 0 N–H and O–H groups in total. The summed E-state index contributed by atoms with van der Waals surface area (Å²) in [7, 11) is 0. The molecule has 0 saturated heterocycles. The van der Waals surface area contributed by atoms with Crippen LogP contribution in [0.15, 0.2) is 30.9 Å². The van der Waals surface area contributed by atoms with E-state index in [0.717, 1.165) is 6.54 Å². The largest absolute Gasteiger partial charge is 0.473 e. The normalized spacial score (nSPS) is 12.9. The Hall–Kier alpha value is -1.33. The smallest absolute Gasteiger partial charge is 0.221 e. The van der Waals surface area contributed by atoms with Crippen molar-refractivity contribution in [3.05, 3.63) is 53.1 Å². The van der Waals surface area contributed by atoms with E-state index >= 15 is 0 Å². The molecule has 0 fully saturated rings. The Bertz CT molecular complexity index is 680. The predicted octanol–water partition coefficient (Wildman–Crippen LogP) is 5.38. The number of hydrogen-bond donors (Lipinski definition) is 0. The topological polar surface area (TPSA) is 27.1 Å². The van der Waals surface area contributed by atoms with Gasteiger partial charge in [-0.3, -0.25) is 0 Å². The van der Waals surface area contributed by atoms with Crippen LogP contribution >= 0.6 is 24.0 Å². The molecule has 24 heavy (non-hydrogen) atoms. The van der Waals surface area contributed by atoms with Crippen LogP contribution in [-0.2, 0) is 11.3 Å². The van der Waals surface area contributed by atoms with Gasteiger partial charge in [-0.2, -0.15) is 0 Å². The Morgan fingerprint density at radius 2 is 1.88 bits per heavy atom. The van der Waals surface area contributed by atoms with E-state index < -0.39 is 0 Å². The molecular formula is C19H26N2OS2. The van der Waals surface area contributed by atoms with Gasteiger partial charge in [0.2, 0.25) is 4.38 Å². The fourth-order valence-corrected chi connectivity index (χ4v) is 4.73.